The van der Waals surface area contributed by atoms with E-state index in [4.69, 9.17) is 5.73 Å². The van der Waals surface area contributed by atoms with Gasteiger partial charge in [-0.15, -0.1) is 0 Å². The first-order chi connectivity index (χ1) is 7.83. The second-order valence-corrected chi connectivity index (χ2v) is 3.59. The van der Waals surface area contributed by atoms with Gasteiger partial charge in [0, 0.05) is 24.2 Å². The molecule has 0 saturated heterocycles. The smallest absolute Gasteiger partial charge is 0.142 e. The first-order valence-electron chi connectivity index (χ1n) is 4.97. The van der Waals surface area contributed by atoms with Gasteiger partial charge in [0.25, 0.3) is 0 Å². The number of rotatable bonds is 1. The van der Waals surface area contributed by atoms with Crippen LogP contribution in [0.3, 0.4) is 0 Å². The molecule has 0 amide bonds. The van der Waals surface area contributed by atoms with E-state index in [0.717, 1.165) is 16.8 Å². The Morgan fingerprint density at radius 3 is 2.94 bits per heavy atom. The normalized spacial score (nSPS) is 10.8. The van der Waals surface area contributed by atoms with Crippen molar-refractivity contribution in [3.8, 4) is 11.1 Å². The molecular weight excluding hydrogens is 200 g/mol. The van der Waals surface area contributed by atoms with E-state index >= 15 is 0 Å². The van der Waals surface area contributed by atoms with Crippen LogP contribution in [0.1, 0.15) is 0 Å². The van der Waals surface area contributed by atoms with Crippen molar-refractivity contribution in [2.24, 2.45) is 0 Å². The third kappa shape index (κ3) is 1.40. The standard InChI is InChI=1S/C12H10N4/c13-11-8-16-5-3-9(6-12(16)15-11)10-2-1-4-14-7-10/h1-8H,13H2. The van der Waals surface area contributed by atoms with Crippen LogP contribution >= 0.6 is 0 Å². The zero-order chi connectivity index (χ0) is 11.0. The van der Waals surface area contributed by atoms with Gasteiger partial charge in [0.05, 0.1) is 6.20 Å². The third-order valence-corrected chi connectivity index (χ3v) is 2.47. The summed E-state index contributed by atoms with van der Waals surface area (Å²) in [7, 11) is 0. The van der Waals surface area contributed by atoms with Crippen molar-refractivity contribution in [2.45, 2.75) is 0 Å². The zero-order valence-corrected chi connectivity index (χ0v) is 8.54. The van der Waals surface area contributed by atoms with E-state index < -0.39 is 0 Å². The molecule has 4 nitrogen and oxygen atoms in total. The summed E-state index contributed by atoms with van der Waals surface area (Å²) in [5.41, 5.74) is 8.65. The number of hydrogen-bond donors (Lipinski definition) is 1. The molecule has 0 saturated carbocycles. The van der Waals surface area contributed by atoms with Gasteiger partial charge in [-0.3, -0.25) is 4.98 Å². The highest BCUT2D eigenvalue weighted by Gasteiger charge is 2.01. The lowest BCUT2D eigenvalue weighted by Crippen LogP contribution is -1.84. The molecule has 3 rings (SSSR count). The molecule has 0 unspecified atom stereocenters. The number of aromatic nitrogens is 3. The summed E-state index contributed by atoms with van der Waals surface area (Å²) < 4.78 is 1.90. The third-order valence-electron chi connectivity index (χ3n) is 2.47. The highest BCUT2D eigenvalue weighted by Crippen LogP contribution is 2.19. The Bertz CT molecular complexity index is 628. The molecule has 3 aromatic rings. The van der Waals surface area contributed by atoms with Crippen LogP contribution in [0.15, 0.2) is 49.1 Å². The van der Waals surface area contributed by atoms with Gasteiger partial charge < -0.3 is 10.1 Å². The quantitative estimate of drug-likeness (QED) is 0.668. The van der Waals surface area contributed by atoms with Gasteiger partial charge in [-0.05, 0) is 23.8 Å². The van der Waals surface area contributed by atoms with Gasteiger partial charge in [-0.1, -0.05) is 6.07 Å². The molecule has 0 atom stereocenters. The largest absolute Gasteiger partial charge is 0.382 e. The maximum absolute atomic E-state index is 5.64. The minimum atomic E-state index is 0.531. The second kappa shape index (κ2) is 3.34. The summed E-state index contributed by atoms with van der Waals surface area (Å²) in [4.78, 5) is 8.31. The number of nitrogens with two attached hydrogens (primary N) is 1. The molecule has 3 heterocycles. The van der Waals surface area contributed by atoms with Gasteiger partial charge >= 0.3 is 0 Å². The van der Waals surface area contributed by atoms with Gasteiger partial charge in [0.15, 0.2) is 0 Å². The van der Waals surface area contributed by atoms with E-state index in [9.17, 15) is 0 Å². The molecule has 0 bridgehead atoms. The highest BCUT2D eigenvalue weighted by atomic mass is 15.0. The van der Waals surface area contributed by atoms with Crippen LogP contribution in [-0.4, -0.2) is 14.4 Å². The Balaban J connectivity index is 2.18. The van der Waals surface area contributed by atoms with E-state index in [1.807, 2.05) is 41.1 Å². The first-order valence-corrected chi connectivity index (χ1v) is 4.97. The van der Waals surface area contributed by atoms with E-state index in [1.165, 1.54) is 0 Å². The van der Waals surface area contributed by atoms with Crippen LogP contribution in [0, 0.1) is 0 Å². The molecule has 0 aromatic carbocycles. The van der Waals surface area contributed by atoms with E-state index in [1.54, 1.807) is 12.4 Å². The molecule has 2 N–H and O–H groups in total. The number of fused-ring (bicyclic) bond motifs is 1. The average molecular weight is 210 g/mol. The van der Waals surface area contributed by atoms with Crippen molar-refractivity contribution < 1.29 is 0 Å². The van der Waals surface area contributed by atoms with Gasteiger partial charge in [-0.25, -0.2) is 4.98 Å². The van der Waals surface area contributed by atoms with E-state index in [-0.39, 0.29) is 0 Å². The SMILES string of the molecule is Nc1cn2ccc(-c3cccnc3)cc2n1. The van der Waals surface area contributed by atoms with Crippen molar-refractivity contribution >= 4 is 11.5 Å². The molecule has 0 fully saturated rings. The number of anilines is 1. The lowest BCUT2D eigenvalue weighted by Gasteiger charge is -2.00. The van der Waals surface area contributed by atoms with E-state index in [2.05, 4.69) is 9.97 Å². The van der Waals surface area contributed by atoms with Crippen molar-refractivity contribution in [3.63, 3.8) is 0 Å². The lowest BCUT2D eigenvalue weighted by atomic mass is 10.1. The van der Waals surface area contributed by atoms with Crippen LogP contribution in [0.4, 0.5) is 5.82 Å². The first kappa shape index (κ1) is 8.91. The van der Waals surface area contributed by atoms with Crippen molar-refractivity contribution in [1.82, 2.24) is 14.4 Å². The van der Waals surface area contributed by atoms with Crippen molar-refractivity contribution in [2.75, 3.05) is 5.73 Å². The number of nitrogen functional groups attached to an aromatic ring is 1. The van der Waals surface area contributed by atoms with E-state index in [0.29, 0.717) is 5.82 Å². The number of pyridine rings is 2. The molecule has 78 valence electrons. The Hall–Kier alpha value is -2.36. The number of imidazole rings is 1. The zero-order valence-electron chi connectivity index (χ0n) is 8.54. The predicted molar refractivity (Wildman–Crippen MR) is 62.8 cm³/mol. The van der Waals surface area contributed by atoms with Gasteiger partial charge in [0.1, 0.15) is 11.5 Å². The van der Waals surface area contributed by atoms with Crippen LogP contribution in [-0.2, 0) is 0 Å². The van der Waals surface area contributed by atoms with Crippen LogP contribution in [0.2, 0.25) is 0 Å². The summed E-state index contributed by atoms with van der Waals surface area (Å²) in [6.45, 7) is 0. The fourth-order valence-corrected chi connectivity index (χ4v) is 1.71. The molecule has 0 aliphatic carbocycles. The monoisotopic (exact) mass is 210 g/mol. The average Bonchev–Trinajstić information content (AvgIpc) is 2.69. The Morgan fingerprint density at radius 1 is 1.19 bits per heavy atom. The summed E-state index contributed by atoms with van der Waals surface area (Å²) in [6, 6.07) is 7.95. The highest BCUT2D eigenvalue weighted by molar-refractivity contribution is 5.67. The minimum Gasteiger partial charge on any atom is -0.382 e. The van der Waals surface area contributed by atoms with Crippen molar-refractivity contribution in [1.29, 1.82) is 0 Å². The fraction of sp³-hybridized carbons (Fsp3) is 0. The molecule has 16 heavy (non-hydrogen) atoms. The molecule has 0 aliphatic heterocycles. The topological polar surface area (TPSA) is 56.2 Å². The summed E-state index contributed by atoms with van der Waals surface area (Å²) >= 11 is 0. The maximum Gasteiger partial charge on any atom is 0.142 e. The fourth-order valence-electron chi connectivity index (χ4n) is 1.71. The molecule has 0 radical (unpaired) electrons. The Morgan fingerprint density at radius 2 is 2.12 bits per heavy atom. The number of hydrogen-bond acceptors (Lipinski definition) is 3. The second-order valence-electron chi connectivity index (χ2n) is 3.59. The Labute approximate surface area is 92.4 Å². The summed E-state index contributed by atoms with van der Waals surface area (Å²) in [5.74, 6) is 0.531. The summed E-state index contributed by atoms with van der Waals surface area (Å²) in [5, 5.41) is 0. The van der Waals surface area contributed by atoms with Crippen LogP contribution < -0.4 is 5.73 Å². The minimum absolute atomic E-state index is 0.531. The maximum atomic E-state index is 5.64. The Kier molecular flexibility index (Phi) is 1.86. The van der Waals surface area contributed by atoms with Gasteiger partial charge in [0.2, 0.25) is 0 Å². The van der Waals surface area contributed by atoms with Crippen LogP contribution in [0.5, 0.6) is 0 Å². The molecule has 0 aliphatic rings. The molecule has 4 heteroatoms. The predicted octanol–water partition coefficient (Wildman–Crippen LogP) is 1.98. The van der Waals surface area contributed by atoms with Crippen molar-refractivity contribution in [3.05, 3.63) is 49.1 Å². The molecule has 3 aromatic heterocycles. The molecular formula is C12H10N4. The van der Waals surface area contributed by atoms with Crippen LogP contribution in [0.25, 0.3) is 16.8 Å². The summed E-state index contributed by atoms with van der Waals surface area (Å²) in [6.07, 6.45) is 7.33. The lowest BCUT2D eigenvalue weighted by molar-refractivity contribution is 1.19. The number of nitrogens with zero attached hydrogens (tertiary/aromatic N) is 3. The molecule has 0 spiro atoms. The van der Waals surface area contributed by atoms with Gasteiger partial charge in [-0.2, -0.15) is 0 Å².